The van der Waals surface area contributed by atoms with Crippen molar-refractivity contribution in [3.05, 3.63) is 35.4 Å². The van der Waals surface area contributed by atoms with Crippen LogP contribution >= 0.6 is 0 Å². The van der Waals surface area contributed by atoms with E-state index in [2.05, 4.69) is 5.32 Å². The van der Waals surface area contributed by atoms with Gasteiger partial charge in [0.05, 0.1) is 11.7 Å². The first-order chi connectivity index (χ1) is 7.43. The first-order valence-electron chi connectivity index (χ1n) is 4.92. The van der Waals surface area contributed by atoms with Gasteiger partial charge in [0.1, 0.15) is 0 Å². The van der Waals surface area contributed by atoms with E-state index >= 15 is 0 Å². The number of nitrogens with one attached hydrogen (secondary N) is 1. The predicted molar refractivity (Wildman–Crippen MR) is 55.1 cm³/mol. The number of hydrogen-bond acceptors (Lipinski definition) is 2. The van der Waals surface area contributed by atoms with Gasteiger partial charge in [-0.1, -0.05) is 12.1 Å². The van der Waals surface area contributed by atoms with E-state index in [1.54, 1.807) is 7.05 Å². The van der Waals surface area contributed by atoms with Crippen LogP contribution in [0.3, 0.4) is 0 Å². The summed E-state index contributed by atoms with van der Waals surface area (Å²) in [5, 5.41) is 12.2. The SMILES string of the molecule is CNCC(O)Cc1ccc(C(F)(F)F)cc1. The highest BCUT2D eigenvalue weighted by molar-refractivity contribution is 5.25. The standard InChI is InChI=1S/C11H14F3NO/c1-15-7-10(16)6-8-2-4-9(5-3-8)11(12,13)14/h2-5,10,15-16H,6-7H2,1H3. The van der Waals surface area contributed by atoms with E-state index in [-0.39, 0.29) is 0 Å². The third kappa shape index (κ3) is 3.83. The number of alkyl halides is 3. The molecule has 1 aromatic rings. The second-order valence-corrected chi connectivity index (χ2v) is 3.61. The van der Waals surface area contributed by atoms with Gasteiger partial charge >= 0.3 is 6.18 Å². The van der Waals surface area contributed by atoms with Crippen molar-refractivity contribution in [2.24, 2.45) is 0 Å². The minimum atomic E-state index is -4.30. The van der Waals surface area contributed by atoms with E-state index in [4.69, 9.17) is 0 Å². The van der Waals surface area contributed by atoms with Gasteiger partial charge in [-0.2, -0.15) is 13.2 Å². The Morgan fingerprint density at radius 3 is 2.25 bits per heavy atom. The Bertz CT molecular complexity index is 321. The van der Waals surface area contributed by atoms with Gasteiger partial charge in [0.2, 0.25) is 0 Å². The number of aliphatic hydroxyl groups excluding tert-OH is 1. The predicted octanol–water partition coefficient (Wildman–Crippen LogP) is 1.83. The van der Waals surface area contributed by atoms with Crippen molar-refractivity contribution in [3.8, 4) is 0 Å². The van der Waals surface area contributed by atoms with E-state index in [0.717, 1.165) is 12.1 Å². The lowest BCUT2D eigenvalue weighted by Crippen LogP contribution is -2.25. The second kappa shape index (κ2) is 5.32. The Kier molecular flexibility index (Phi) is 4.32. The van der Waals surface area contributed by atoms with Crippen molar-refractivity contribution in [3.63, 3.8) is 0 Å². The van der Waals surface area contributed by atoms with Crippen LogP contribution in [0.15, 0.2) is 24.3 Å². The maximum absolute atomic E-state index is 12.2. The number of halogens is 3. The van der Waals surface area contributed by atoms with Crippen molar-refractivity contribution in [2.45, 2.75) is 18.7 Å². The minimum Gasteiger partial charge on any atom is -0.391 e. The van der Waals surface area contributed by atoms with Gasteiger partial charge in [-0.15, -0.1) is 0 Å². The van der Waals surface area contributed by atoms with E-state index in [1.807, 2.05) is 0 Å². The number of benzene rings is 1. The number of hydrogen-bond donors (Lipinski definition) is 2. The maximum atomic E-state index is 12.2. The summed E-state index contributed by atoms with van der Waals surface area (Å²) in [6, 6.07) is 4.84. The molecule has 0 fully saturated rings. The molecule has 0 spiro atoms. The molecule has 0 saturated carbocycles. The van der Waals surface area contributed by atoms with Crippen LogP contribution in [-0.2, 0) is 12.6 Å². The van der Waals surface area contributed by atoms with Gasteiger partial charge in [0.25, 0.3) is 0 Å². The summed E-state index contributed by atoms with van der Waals surface area (Å²) in [6.07, 6.45) is -4.54. The average molecular weight is 233 g/mol. The smallest absolute Gasteiger partial charge is 0.391 e. The Morgan fingerprint density at radius 2 is 1.81 bits per heavy atom. The summed E-state index contributed by atoms with van der Waals surface area (Å²) in [6.45, 7) is 0.418. The van der Waals surface area contributed by atoms with Crippen LogP contribution in [0.5, 0.6) is 0 Å². The molecule has 1 rings (SSSR count). The lowest BCUT2D eigenvalue weighted by atomic mass is 10.1. The average Bonchev–Trinajstić information content (AvgIpc) is 2.17. The van der Waals surface area contributed by atoms with Gasteiger partial charge < -0.3 is 10.4 Å². The third-order valence-corrected chi connectivity index (χ3v) is 2.19. The minimum absolute atomic E-state index is 0.346. The maximum Gasteiger partial charge on any atom is 0.416 e. The Hall–Kier alpha value is -1.07. The topological polar surface area (TPSA) is 32.3 Å². The molecule has 90 valence electrons. The quantitative estimate of drug-likeness (QED) is 0.831. The van der Waals surface area contributed by atoms with E-state index in [9.17, 15) is 18.3 Å². The second-order valence-electron chi connectivity index (χ2n) is 3.61. The van der Waals surface area contributed by atoms with Gasteiger partial charge in [0.15, 0.2) is 0 Å². The molecule has 0 aliphatic rings. The van der Waals surface area contributed by atoms with Crippen molar-refractivity contribution >= 4 is 0 Å². The molecule has 2 N–H and O–H groups in total. The molecule has 0 aromatic heterocycles. The molecular weight excluding hydrogens is 219 g/mol. The summed E-state index contributed by atoms with van der Waals surface area (Å²) >= 11 is 0. The number of likely N-dealkylation sites (N-methyl/N-ethyl adjacent to an activating group) is 1. The summed E-state index contributed by atoms with van der Waals surface area (Å²) in [4.78, 5) is 0. The van der Waals surface area contributed by atoms with Crippen LogP contribution in [0.2, 0.25) is 0 Å². The number of aliphatic hydroxyl groups is 1. The largest absolute Gasteiger partial charge is 0.416 e. The summed E-state index contributed by atoms with van der Waals surface area (Å²) in [5.41, 5.74) is 0.0232. The Balaban J connectivity index is 2.65. The lowest BCUT2D eigenvalue weighted by Gasteiger charge is -2.11. The molecule has 0 heterocycles. The highest BCUT2D eigenvalue weighted by Crippen LogP contribution is 2.29. The molecule has 16 heavy (non-hydrogen) atoms. The molecule has 0 aliphatic heterocycles. The lowest BCUT2D eigenvalue weighted by molar-refractivity contribution is -0.137. The molecular formula is C11H14F3NO. The van der Waals surface area contributed by atoms with Crippen molar-refractivity contribution < 1.29 is 18.3 Å². The summed E-state index contributed by atoms with van der Waals surface area (Å²) < 4.78 is 36.7. The highest BCUT2D eigenvalue weighted by Gasteiger charge is 2.29. The molecule has 5 heteroatoms. The van der Waals surface area contributed by atoms with Crippen molar-refractivity contribution in [1.82, 2.24) is 5.32 Å². The van der Waals surface area contributed by atoms with Crippen LogP contribution in [-0.4, -0.2) is 24.8 Å². The molecule has 1 unspecified atom stereocenters. The molecule has 0 saturated heterocycles. The first-order valence-corrected chi connectivity index (χ1v) is 4.92. The van der Waals surface area contributed by atoms with Gasteiger partial charge in [-0.3, -0.25) is 0 Å². The molecule has 1 aromatic carbocycles. The van der Waals surface area contributed by atoms with Crippen LogP contribution in [0.4, 0.5) is 13.2 Å². The Morgan fingerprint density at radius 1 is 1.25 bits per heavy atom. The van der Waals surface area contributed by atoms with Crippen LogP contribution in [0.1, 0.15) is 11.1 Å². The zero-order valence-electron chi connectivity index (χ0n) is 8.88. The van der Waals surface area contributed by atoms with Crippen LogP contribution in [0.25, 0.3) is 0 Å². The highest BCUT2D eigenvalue weighted by atomic mass is 19.4. The van der Waals surface area contributed by atoms with Crippen LogP contribution < -0.4 is 5.32 Å². The Labute approximate surface area is 92.1 Å². The van der Waals surface area contributed by atoms with E-state index in [1.165, 1.54) is 12.1 Å². The molecule has 2 nitrogen and oxygen atoms in total. The normalized spacial score (nSPS) is 13.8. The molecule has 0 amide bonds. The zero-order valence-corrected chi connectivity index (χ0v) is 8.88. The molecule has 0 bridgehead atoms. The molecule has 0 radical (unpaired) electrons. The monoisotopic (exact) mass is 233 g/mol. The fourth-order valence-corrected chi connectivity index (χ4v) is 1.41. The first kappa shape index (κ1) is 13.0. The molecule has 1 atom stereocenters. The van der Waals surface area contributed by atoms with E-state index < -0.39 is 17.8 Å². The van der Waals surface area contributed by atoms with Crippen molar-refractivity contribution in [2.75, 3.05) is 13.6 Å². The fourth-order valence-electron chi connectivity index (χ4n) is 1.41. The van der Waals surface area contributed by atoms with Crippen molar-refractivity contribution in [1.29, 1.82) is 0 Å². The third-order valence-electron chi connectivity index (χ3n) is 2.19. The van der Waals surface area contributed by atoms with Crippen LogP contribution in [0, 0.1) is 0 Å². The van der Waals surface area contributed by atoms with Gasteiger partial charge in [-0.25, -0.2) is 0 Å². The summed E-state index contributed by atoms with van der Waals surface area (Å²) in [7, 11) is 1.70. The number of rotatable bonds is 4. The molecule has 0 aliphatic carbocycles. The van der Waals surface area contributed by atoms with Gasteiger partial charge in [-0.05, 0) is 31.2 Å². The van der Waals surface area contributed by atoms with Gasteiger partial charge in [0, 0.05) is 6.54 Å². The fraction of sp³-hybridized carbons (Fsp3) is 0.455. The summed E-state index contributed by atoms with van der Waals surface area (Å²) in [5.74, 6) is 0. The van der Waals surface area contributed by atoms with E-state index in [0.29, 0.717) is 18.5 Å². The zero-order chi connectivity index (χ0) is 12.2.